The molecule has 4 heteroatoms. The zero-order valence-corrected chi connectivity index (χ0v) is 11.7. The molecule has 20 heavy (non-hydrogen) atoms. The van der Waals surface area contributed by atoms with E-state index in [0.29, 0.717) is 13.0 Å². The third kappa shape index (κ3) is 3.67. The van der Waals surface area contributed by atoms with E-state index in [9.17, 15) is 8.78 Å². The summed E-state index contributed by atoms with van der Waals surface area (Å²) in [5, 5.41) is 3.21. The number of hydrogen-bond donors (Lipinski definition) is 1. The molecule has 0 aliphatic rings. The van der Waals surface area contributed by atoms with Crippen LogP contribution in [0.3, 0.4) is 0 Å². The molecular formula is C16H19F2NO. The molecule has 1 aromatic carbocycles. The van der Waals surface area contributed by atoms with Gasteiger partial charge in [-0.05, 0) is 37.6 Å². The molecule has 1 unspecified atom stereocenters. The van der Waals surface area contributed by atoms with Crippen LogP contribution in [0.15, 0.2) is 34.7 Å². The van der Waals surface area contributed by atoms with Crippen molar-refractivity contribution < 1.29 is 13.2 Å². The number of nitrogens with one attached hydrogen (secondary N) is 1. The van der Waals surface area contributed by atoms with Gasteiger partial charge in [0.25, 0.3) is 0 Å². The van der Waals surface area contributed by atoms with Gasteiger partial charge in [0, 0.05) is 18.0 Å². The number of benzene rings is 1. The van der Waals surface area contributed by atoms with Crippen molar-refractivity contribution in [2.75, 3.05) is 0 Å². The second-order valence-corrected chi connectivity index (χ2v) is 4.91. The van der Waals surface area contributed by atoms with E-state index in [0.717, 1.165) is 17.9 Å². The van der Waals surface area contributed by atoms with Gasteiger partial charge in [-0.2, -0.15) is 0 Å². The van der Waals surface area contributed by atoms with E-state index in [4.69, 9.17) is 4.42 Å². The molecule has 0 radical (unpaired) electrons. The van der Waals surface area contributed by atoms with Crippen LogP contribution < -0.4 is 5.32 Å². The summed E-state index contributed by atoms with van der Waals surface area (Å²) in [5.74, 6) is 0.784. The Labute approximate surface area is 117 Å². The van der Waals surface area contributed by atoms with Gasteiger partial charge in [-0.15, -0.1) is 0 Å². The average Bonchev–Trinajstić information content (AvgIpc) is 2.89. The molecule has 2 aromatic rings. The molecule has 1 heterocycles. The van der Waals surface area contributed by atoms with Crippen LogP contribution in [0.1, 0.15) is 30.9 Å². The van der Waals surface area contributed by atoms with Gasteiger partial charge in [0.05, 0.1) is 6.54 Å². The summed E-state index contributed by atoms with van der Waals surface area (Å²) in [6.07, 6.45) is 1.16. The summed E-state index contributed by atoms with van der Waals surface area (Å²) in [5.41, 5.74) is 0.126. The smallest absolute Gasteiger partial charge is 0.129 e. The predicted molar refractivity (Wildman–Crippen MR) is 74.4 cm³/mol. The highest BCUT2D eigenvalue weighted by atomic mass is 19.1. The largest absolute Gasteiger partial charge is 0.465 e. The van der Waals surface area contributed by atoms with Gasteiger partial charge < -0.3 is 9.73 Å². The van der Waals surface area contributed by atoms with Crippen LogP contribution in [0.5, 0.6) is 0 Å². The van der Waals surface area contributed by atoms with Crippen molar-refractivity contribution >= 4 is 0 Å². The summed E-state index contributed by atoms with van der Waals surface area (Å²) in [7, 11) is 0. The first-order chi connectivity index (χ1) is 9.60. The van der Waals surface area contributed by atoms with Gasteiger partial charge in [-0.25, -0.2) is 8.78 Å². The van der Waals surface area contributed by atoms with Gasteiger partial charge >= 0.3 is 0 Å². The maximum absolute atomic E-state index is 13.5. The van der Waals surface area contributed by atoms with E-state index >= 15 is 0 Å². The quantitative estimate of drug-likeness (QED) is 0.869. The van der Waals surface area contributed by atoms with Crippen molar-refractivity contribution in [2.45, 2.75) is 39.3 Å². The van der Waals surface area contributed by atoms with E-state index in [1.54, 1.807) is 0 Å². The monoisotopic (exact) mass is 279 g/mol. The summed E-state index contributed by atoms with van der Waals surface area (Å²) < 4.78 is 32.6. The van der Waals surface area contributed by atoms with Crippen molar-refractivity contribution in [1.82, 2.24) is 5.32 Å². The van der Waals surface area contributed by atoms with E-state index in [-0.39, 0.29) is 11.6 Å². The van der Waals surface area contributed by atoms with Crippen molar-refractivity contribution in [3.05, 3.63) is 59.1 Å². The fourth-order valence-electron chi connectivity index (χ4n) is 2.09. The summed E-state index contributed by atoms with van der Waals surface area (Å²) >= 11 is 0. The molecule has 0 aliphatic carbocycles. The van der Waals surface area contributed by atoms with E-state index in [1.165, 1.54) is 18.2 Å². The predicted octanol–water partition coefficient (Wildman–Crippen LogP) is 3.84. The lowest BCUT2D eigenvalue weighted by Crippen LogP contribution is -2.28. The fraction of sp³-hybridized carbons (Fsp3) is 0.375. The van der Waals surface area contributed by atoms with Crippen LogP contribution >= 0.6 is 0 Å². The highest BCUT2D eigenvalue weighted by Crippen LogP contribution is 2.14. The van der Waals surface area contributed by atoms with Crippen LogP contribution in [0.2, 0.25) is 0 Å². The third-order valence-corrected chi connectivity index (χ3v) is 3.26. The van der Waals surface area contributed by atoms with Crippen LogP contribution in [-0.4, -0.2) is 6.04 Å². The molecule has 0 saturated carbocycles. The molecule has 1 atom stereocenters. The Morgan fingerprint density at radius 3 is 2.35 bits per heavy atom. The van der Waals surface area contributed by atoms with Crippen molar-refractivity contribution in [2.24, 2.45) is 0 Å². The second kappa shape index (κ2) is 6.66. The number of halogens is 2. The van der Waals surface area contributed by atoms with Gasteiger partial charge in [0.1, 0.15) is 23.2 Å². The molecule has 0 saturated heterocycles. The normalized spacial score (nSPS) is 12.6. The maximum atomic E-state index is 13.5. The van der Waals surface area contributed by atoms with Gasteiger partial charge in [-0.3, -0.25) is 0 Å². The lowest BCUT2D eigenvalue weighted by atomic mass is 10.1. The average molecular weight is 279 g/mol. The second-order valence-electron chi connectivity index (χ2n) is 4.91. The zero-order chi connectivity index (χ0) is 14.5. The Kier molecular flexibility index (Phi) is 4.90. The Morgan fingerprint density at radius 1 is 1.10 bits per heavy atom. The number of aryl methyl sites for hydroxylation is 1. The Morgan fingerprint density at radius 2 is 1.75 bits per heavy atom. The Bertz CT molecular complexity index is 545. The summed E-state index contributed by atoms with van der Waals surface area (Å²) in [6, 6.07) is 7.76. The van der Waals surface area contributed by atoms with Gasteiger partial charge in [0.2, 0.25) is 0 Å². The minimum atomic E-state index is -0.495. The van der Waals surface area contributed by atoms with Crippen molar-refractivity contribution in [1.29, 1.82) is 0 Å². The summed E-state index contributed by atoms with van der Waals surface area (Å²) in [4.78, 5) is 0. The van der Waals surface area contributed by atoms with Crippen LogP contribution in [0.4, 0.5) is 8.78 Å². The van der Waals surface area contributed by atoms with Gasteiger partial charge in [-0.1, -0.05) is 13.0 Å². The highest BCUT2D eigenvalue weighted by Gasteiger charge is 2.12. The molecular weight excluding hydrogens is 260 g/mol. The van der Waals surface area contributed by atoms with Crippen molar-refractivity contribution in [3.8, 4) is 0 Å². The first-order valence-electron chi connectivity index (χ1n) is 6.84. The number of furan rings is 1. The molecule has 0 spiro atoms. The van der Waals surface area contributed by atoms with Crippen LogP contribution in [0.25, 0.3) is 0 Å². The standard InChI is InChI=1S/C16H19F2NO/c1-3-12-7-8-13(20-12)10-19-11(2)9-14-15(17)5-4-6-16(14)18/h4-8,11,19H,3,9-10H2,1-2H3. The molecule has 0 amide bonds. The van der Waals surface area contributed by atoms with Crippen LogP contribution in [0, 0.1) is 11.6 Å². The first kappa shape index (κ1) is 14.7. The molecule has 0 fully saturated rings. The van der Waals surface area contributed by atoms with E-state index < -0.39 is 11.6 Å². The van der Waals surface area contributed by atoms with Gasteiger partial charge in [0.15, 0.2) is 0 Å². The minimum absolute atomic E-state index is 0.0448. The molecule has 1 aromatic heterocycles. The summed E-state index contributed by atoms with van der Waals surface area (Å²) in [6.45, 7) is 4.48. The Balaban J connectivity index is 1.90. The van der Waals surface area contributed by atoms with E-state index in [1.807, 2.05) is 26.0 Å². The zero-order valence-electron chi connectivity index (χ0n) is 11.7. The van der Waals surface area contributed by atoms with Crippen LogP contribution in [-0.2, 0) is 19.4 Å². The maximum Gasteiger partial charge on any atom is 0.129 e. The fourth-order valence-corrected chi connectivity index (χ4v) is 2.09. The molecule has 0 aliphatic heterocycles. The lowest BCUT2D eigenvalue weighted by Gasteiger charge is -2.14. The molecule has 2 rings (SSSR count). The van der Waals surface area contributed by atoms with E-state index in [2.05, 4.69) is 5.32 Å². The first-order valence-corrected chi connectivity index (χ1v) is 6.84. The number of rotatable bonds is 6. The minimum Gasteiger partial charge on any atom is -0.465 e. The molecule has 1 N–H and O–H groups in total. The molecule has 0 bridgehead atoms. The topological polar surface area (TPSA) is 25.2 Å². The molecule has 2 nitrogen and oxygen atoms in total. The van der Waals surface area contributed by atoms with Crippen molar-refractivity contribution in [3.63, 3.8) is 0 Å². The highest BCUT2D eigenvalue weighted by molar-refractivity contribution is 5.20. The number of hydrogen-bond acceptors (Lipinski definition) is 2. The third-order valence-electron chi connectivity index (χ3n) is 3.26. The lowest BCUT2D eigenvalue weighted by molar-refractivity contribution is 0.426. The SMILES string of the molecule is CCc1ccc(CNC(C)Cc2c(F)cccc2F)o1. The molecule has 108 valence electrons. The Hall–Kier alpha value is -1.68.